The van der Waals surface area contributed by atoms with Crippen LogP contribution in [0.1, 0.15) is 42.3 Å². The predicted octanol–water partition coefficient (Wildman–Crippen LogP) is 4.58. The minimum absolute atomic E-state index is 0.239. The summed E-state index contributed by atoms with van der Waals surface area (Å²) in [5.74, 6) is -0.346. The number of amides is 1. The Hall–Kier alpha value is -3.08. The average molecular weight is 367 g/mol. The second kappa shape index (κ2) is 9.57. The lowest BCUT2D eigenvalue weighted by molar-refractivity contribution is 0.00694. The molecule has 2 aromatic rings. The second-order valence-corrected chi connectivity index (χ2v) is 6.97. The molecule has 5 heteroatoms. The molecule has 2 aromatic carbocycles. The zero-order valence-corrected chi connectivity index (χ0v) is 15.9. The summed E-state index contributed by atoms with van der Waals surface area (Å²) < 4.78 is 10.5. The Bertz CT molecular complexity index is 774. The maximum Gasteiger partial charge on any atom is 0.407 e. The van der Waals surface area contributed by atoms with Crippen LogP contribution in [0.15, 0.2) is 60.7 Å². The minimum atomic E-state index is -0.517. The number of ether oxygens (including phenoxy) is 2. The van der Waals surface area contributed by atoms with E-state index >= 15 is 0 Å². The zero-order chi connectivity index (χ0) is 19.7. The molecule has 1 N–H and O–H groups in total. The molecule has 0 heterocycles. The largest absolute Gasteiger partial charge is 0.456 e. The second-order valence-electron chi connectivity index (χ2n) is 6.97. The van der Waals surface area contributed by atoms with Gasteiger partial charge in [-0.05, 0) is 44.0 Å². The first-order chi connectivity index (χ1) is 12.8. The smallest absolute Gasteiger partial charge is 0.407 e. The SMILES string of the molecule is CC(C)(C)OC(=O)c1ccc(C=CCNC(=O)OCc2ccccc2)cc1. The number of esters is 1. The quantitative estimate of drug-likeness (QED) is 0.759. The Labute approximate surface area is 160 Å². The number of hydrogen-bond donors (Lipinski definition) is 1. The van der Waals surface area contributed by atoms with Crippen molar-refractivity contribution in [2.75, 3.05) is 6.54 Å². The molecule has 0 spiro atoms. The lowest BCUT2D eigenvalue weighted by atomic mass is 10.1. The summed E-state index contributed by atoms with van der Waals surface area (Å²) in [5, 5.41) is 2.66. The summed E-state index contributed by atoms with van der Waals surface area (Å²) in [7, 11) is 0. The molecule has 0 radical (unpaired) electrons. The van der Waals surface area contributed by atoms with Crippen LogP contribution in [0.2, 0.25) is 0 Å². The van der Waals surface area contributed by atoms with Gasteiger partial charge in [0.1, 0.15) is 12.2 Å². The van der Waals surface area contributed by atoms with Crippen molar-refractivity contribution >= 4 is 18.1 Å². The molecular weight excluding hydrogens is 342 g/mol. The maximum absolute atomic E-state index is 12.0. The summed E-state index contributed by atoms with van der Waals surface area (Å²) in [4.78, 5) is 23.6. The lowest BCUT2D eigenvalue weighted by Gasteiger charge is -2.19. The highest BCUT2D eigenvalue weighted by Crippen LogP contribution is 2.13. The molecule has 5 nitrogen and oxygen atoms in total. The molecule has 27 heavy (non-hydrogen) atoms. The van der Waals surface area contributed by atoms with Crippen LogP contribution in [-0.4, -0.2) is 24.2 Å². The molecule has 142 valence electrons. The van der Waals surface area contributed by atoms with Gasteiger partial charge in [0.25, 0.3) is 0 Å². The van der Waals surface area contributed by atoms with E-state index in [-0.39, 0.29) is 12.6 Å². The Balaban J connectivity index is 1.74. The highest BCUT2D eigenvalue weighted by atomic mass is 16.6. The molecule has 0 unspecified atom stereocenters. The fourth-order valence-corrected chi connectivity index (χ4v) is 2.18. The third kappa shape index (κ3) is 7.77. The highest BCUT2D eigenvalue weighted by Gasteiger charge is 2.17. The van der Waals surface area contributed by atoms with Crippen molar-refractivity contribution in [3.8, 4) is 0 Å². The highest BCUT2D eigenvalue weighted by molar-refractivity contribution is 5.89. The molecule has 0 aliphatic carbocycles. The Morgan fingerprint density at radius 2 is 1.67 bits per heavy atom. The Morgan fingerprint density at radius 3 is 2.30 bits per heavy atom. The molecule has 0 fully saturated rings. The van der Waals surface area contributed by atoms with E-state index in [0.29, 0.717) is 12.1 Å². The Kier molecular flexibility index (Phi) is 7.17. The predicted molar refractivity (Wildman–Crippen MR) is 105 cm³/mol. The molecular formula is C22H25NO4. The number of nitrogens with one attached hydrogen (secondary N) is 1. The van der Waals surface area contributed by atoms with Gasteiger partial charge in [-0.1, -0.05) is 54.6 Å². The first-order valence-electron chi connectivity index (χ1n) is 8.78. The zero-order valence-electron chi connectivity index (χ0n) is 15.9. The van der Waals surface area contributed by atoms with E-state index in [2.05, 4.69) is 5.32 Å². The topological polar surface area (TPSA) is 64.6 Å². The van der Waals surface area contributed by atoms with E-state index < -0.39 is 11.7 Å². The average Bonchev–Trinajstić information content (AvgIpc) is 2.63. The van der Waals surface area contributed by atoms with Crippen LogP contribution < -0.4 is 5.32 Å². The number of benzene rings is 2. The number of carbonyl (C=O) groups is 2. The fraction of sp³-hybridized carbons (Fsp3) is 0.273. The van der Waals surface area contributed by atoms with Gasteiger partial charge in [-0.3, -0.25) is 0 Å². The van der Waals surface area contributed by atoms with Crippen molar-refractivity contribution in [3.05, 3.63) is 77.4 Å². The van der Waals surface area contributed by atoms with Crippen LogP contribution in [0.3, 0.4) is 0 Å². The molecule has 0 aliphatic heterocycles. The van der Waals surface area contributed by atoms with Gasteiger partial charge in [0, 0.05) is 6.54 Å². The molecule has 1 amide bonds. The van der Waals surface area contributed by atoms with Crippen molar-refractivity contribution in [2.24, 2.45) is 0 Å². The first kappa shape index (κ1) is 20.2. The van der Waals surface area contributed by atoms with Crippen LogP contribution in [-0.2, 0) is 16.1 Å². The van der Waals surface area contributed by atoms with Crippen LogP contribution >= 0.6 is 0 Å². The molecule has 0 saturated carbocycles. The summed E-state index contributed by atoms with van der Waals surface area (Å²) in [6.45, 7) is 6.09. The van der Waals surface area contributed by atoms with Gasteiger partial charge in [0.05, 0.1) is 5.56 Å². The molecule has 0 bridgehead atoms. The van der Waals surface area contributed by atoms with Crippen LogP contribution in [0.4, 0.5) is 4.79 Å². The van der Waals surface area contributed by atoms with Gasteiger partial charge < -0.3 is 14.8 Å². The monoisotopic (exact) mass is 367 g/mol. The Morgan fingerprint density at radius 1 is 1.00 bits per heavy atom. The van der Waals surface area contributed by atoms with E-state index in [1.807, 2.05) is 75.4 Å². The van der Waals surface area contributed by atoms with Gasteiger partial charge in [-0.15, -0.1) is 0 Å². The van der Waals surface area contributed by atoms with Gasteiger partial charge >= 0.3 is 12.1 Å². The van der Waals surface area contributed by atoms with Crippen molar-refractivity contribution in [1.29, 1.82) is 0 Å². The summed E-state index contributed by atoms with van der Waals surface area (Å²) in [6.07, 6.45) is 3.20. The molecule has 2 rings (SSSR count). The van der Waals surface area contributed by atoms with Crippen LogP contribution in [0, 0.1) is 0 Å². The van der Waals surface area contributed by atoms with E-state index in [0.717, 1.165) is 11.1 Å². The van der Waals surface area contributed by atoms with Crippen molar-refractivity contribution in [3.63, 3.8) is 0 Å². The number of carbonyl (C=O) groups excluding carboxylic acids is 2. The third-order valence-corrected chi connectivity index (χ3v) is 3.43. The number of alkyl carbamates (subject to hydrolysis) is 1. The van der Waals surface area contributed by atoms with E-state index in [9.17, 15) is 9.59 Å². The molecule has 0 aromatic heterocycles. The van der Waals surface area contributed by atoms with Gasteiger partial charge in [-0.2, -0.15) is 0 Å². The van der Waals surface area contributed by atoms with Gasteiger partial charge in [0.15, 0.2) is 0 Å². The maximum atomic E-state index is 12.0. The van der Waals surface area contributed by atoms with Crippen LogP contribution in [0.5, 0.6) is 0 Å². The van der Waals surface area contributed by atoms with Crippen molar-refractivity contribution < 1.29 is 19.1 Å². The standard InChI is InChI=1S/C22H25NO4/c1-22(2,3)27-20(24)19-13-11-17(12-14-19)10-7-15-23-21(25)26-16-18-8-5-4-6-9-18/h4-14H,15-16H2,1-3H3,(H,23,25). The van der Waals surface area contributed by atoms with Gasteiger partial charge in [-0.25, -0.2) is 9.59 Å². The third-order valence-electron chi connectivity index (χ3n) is 3.43. The normalized spacial score (nSPS) is 11.2. The molecule has 0 saturated heterocycles. The number of rotatable bonds is 6. The molecule has 0 aliphatic rings. The minimum Gasteiger partial charge on any atom is -0.456 e. The summed E-state index contributed by atoms with van der Waals surface area (Å²) in [5.41, 5.74) is 1.84. The van der Waals surface area contributed by atoms with E-state index in [1.165, 1.54) is 0 Å². The number of hydrogen-bond acceptors (Lipinski definition) is 4. The van der Waals surface area contributed by atoms with Crippen LogP contribution in [0.25, 0.3) is 6.08 Å². The van der Waals surface area contributed by atoms with E-state index in [4.69, 9.17) is 9.47 Å². The molecule has 0 atom stereocenters. The first-order valence-corrected chi connectivity index (χ1v) is 8.78. The van der Waals surface area contributed by atoms with Gasteiger partial charge in [0.2, 0.25) is 0 Å². The fourth-order valence-electron chi connectivity index (χ4n) is 2.18. The summed E-state index contributed by atoms with van der Waals surface area (Å²) >= 11 is 0. The lowest BCUT2D eigenvalue weighted by Crippen LogP contribution is -2.24. The van der Waals surface area contributed by atoms with Crippen molar-refractivity contribution in [1.82, 2.24) is 5.32 Å². The van der Waals surface area contributed by atoms with Crippen molar-refractivity contribution in [2.45, 2.75) is 33.0 Å². The summed E-state index contributed by atoms with van der Waals surface area (Å²) in [6, 6.07) is 16.6. The van der Waals surface area contributed by atoms with E-state index in [1.54, 1.807) is 12.1 Å².